The molecular weight excluding hydrogens is 246 g/mol. The van der Waals surface area contributed by atoms with Crippen LogP contribution in [0.1, 0.15) is 33.5 Å². The molecule has 0 unspecified atom stereocenters. The Morgan fingerprint density at radius 1 is 1.53 bits per heavy atom. The fourth-order valence-corrected chi connectivity index (χ4v) is 2.15. The van der Waals surface area contributed by atoms with E-state index >= 15 is 0 Å². The molecular formula is C13H21N3O3. The molecule has 1 aliphatic heterocycles. The lowest BCUT2D eigenvalue weighted by Gasteiger charge is -2.45. The smallest absolute Gasteiger partial charge is 0.410 e. The van der Waals surface area contributed by atoms with Crippen molar-refractivity contribution >= 4 is 6.09 Å². The van der Waals surface area contributed by atoms with E-state index in [0.717, 1.165) is 6.54 Å². The van der Waals surface area contributed by atoms with Crippen LogP contribution in [-0.4, -0.2) is 44.3 Å². The van der Waals surface area contributed by atoms with Crippen molar-refractivity contribution in [2.24, 2.45) is 0 Å². The van der Waals surface area contributed by atoms with Crippen molar-refractivity contribution in [3.8, 4) is 0 Å². The van der Waals surface area contributed by atoms with Gasteiger partial charge < -0.3 is 19.3 Å². The molecule has 19 heavy (non-hydrogen) atoms. The van der Waals surface area contributed by atoms with E-state index in [-0.39, 0.29) is 13.1 Å². The van der Waals surface area contributed by atoms with E-state index in [4.69, 9.17) is 4.74 Å². The number of hydrogen-bond donors (Lipinski definition) is 1. The van der Waals surface area contributed by atoms with Crippen molar-refractivity contribution in [3.05, 3.63) is 18.2 Å². The molecule has 2 rings (SSSR count). The number of carbonyl (C=O) groups is 1. The highest BCUT2D eigenvalue weighted by Crippen LogP contribution is 2.31. The van der Waals surface area contributed by atoms with Gasteiger partial charge >= 0.3 is 6.09 Å². The average Bonchev–Trinajstić information content (AvgIpc) is 2.70. The predicted octanol–water partition coefficient (Wildman–Crippen LogP) is 1.34. The van der Waals surface area contributed by atoms with Crippen LogP contribution in [0.4, 0.5) is 4.79 Å². The van der Waals surface area contributed by atoms with E-state index in [9.17, 15) is 9.90 Å². The van der Waals surface area contributed by atoms with Crippen LogP contribution in [0.2, 0.25) is 0 Å². The van der Waals surface area contributed by atoms with Crippen molar-refractivity contribution in [1.82, 2.24) is 14.5 Å². The Bertz CT molecular complexity index is 470. The summed E-state index contributed by atoms with van der Waals surface area (Å²) in [5.74, 6) is 0.606. The summed E-state index contributed by atoms with van der Waals surface area (Å²) in [6.07, 6.45) is 3.09. The highest BCUT2D eigenvalue weighted by atomic mass is 16.6. The molecule has 0 aromatic carbocycles. The monoisotopic (exact) mass is 267 g/mol. The number of hydrogen-bond acceptors (Lipinski definition) is 4. The summed E-state index contributed by atoms with van der Waals surface area (Å²) >= 11 is 0. The molecule has 106 valence electrons. The van der Waals surface area contributed by atoms with Gasteiger partial charge in [-0.25, -0.2) is 9.78 Å². The van der Waals surface area contributed by atoms with Gasteiger partial charge in [0, 0.05) is 18.9 Å². The Balaban J connectivity index is 2.00. The zero-order chi connectivity index (χ0) is 14.3. The number of imidazole rings is 1. The maximum absolute atomic E-state index is 11.8. The lowest BCUT2D eigenvalue weighted by molar-refractivity contribution is -0.110. The van der Waals surface area contributed by atoms with Crippen LogP contribution in [0.25, 0.3) is 0 Å². The number of aliphatic hydroxyl groups is 1. The molecule has 1 aliphatic rings. The molecule has 1 saturated heterocycles. The fourth-order valence-electron chi connectivity index (χ4n) is 2.15. The molecule has 6 heteroatoms. The zero-order valence-electron chi connectivity index (χ0n) is 11.9. The summed E-state index contributed by atoms with van der Waals surface area (Å²) in [5, 5.41) is 10.5. The highest BCUT2D eigenvalue weighted by Gasteiger charge is 2.49. The van der Waals surface area contributed by atoms with Crippen molar-refractivity contribution in [3.63, 3.8) is 0 Å². The van der Waals surface area contributed by atoms with E-state index in [0.29, 0.717) is 5.82 Å². The third kappa shape index (κ3) is 2.73. The number of amides is 1. The number of ether oxygens (including phenoxy) is 1. The van der Waals surface area contributed by atoms with Gasteiger partial charge in [0.25, 0.3) is 0 Å². The predicted molar refractivity (Wildman–Crippen MR) is 69.6 cm³/mol. The first-order chi connectivity index (χ1) is 8.75. The molecule has 0 aliphatic carbocycles. The fraction of sp³-hybridized carbons (Fsp3) is 0.692. The van der Waals surface area contributed by atoms with E-state index in [1.54, 1.807) is 6.20 Å². The summed E-state index contributed by atoms with van der Waals surface area (Å²) in [6.45, 7) is 8.63. The Labute approximate surface area is 113 Å². The first-order valence-electron chi connectivity index (χ1n) is 6.47. The van der Waals surface area contributed by atoms with Gasteiger partial charge in [-0.2, -0.15) is 0 Å². The van der Waals surface area contributed by atoms with Crippen LogP contribution < -0.4 is 0 Å². The highest BCUT2D eigenvalue weighted by molar-refractivity contribution is 5.69. The quantitative estimate of drug-likeness (QED) is 0.878. The Morgan fingerprint density at radius 2 is 2.16 bits per heavy atom. The first-order valence-corrected chi connectivity index (χ1v) is 6.47. The van der Waals surface area contributed by atoms with Crippen LogP contribution in [0.3, 0.4) is 0 Å². The molecule has 0 atom stereocenters. The summed E-state index contributed by atoms with van der Waals surface area (Å²) in [7, 11) is 0. The summed E-state index contributed by atoms with van der Waals surface area (Å²) < 4.78 is 7.14. The molecule has 1 amide bonds. The Kier molecular flexibility index (Phi) is 3.30. The van der Waals surface area contributed by atoms with Crippen LogP contribution >= 0.6 is 0 Å². The largest absolute Gasteiger partial charge is 0.444 e. The minimum absolute atomic E-state index is 0.221. The Morgan fingerprint density at radius 3 is 2.68 bits per heavy atom. The average molecular weight is 267 g/mol. The molecule has 0 spiro atoms. The minimum atomic E-state index is -1.06. The van der Waals surface area contributed by atoms with E-state index in [1.807, 2.05) is 38.5 Å². The molecule has 0 bridgehead atoms. The molecule has 6 nitrogen and oxygen atoms in total. The van der Waals surface area contributed by atoms with Crippen molar-refractivity contribution in [1.29, 1.82) is 0 Å². The second-order valence-corrected chi connectivity index (χ2v) is 5.90. The molecule has 0 saturated carbocycles. The van der Waals surface area contributed by atoms with Crippen molar-refractivity contribution in [2.45, 2.75) is 45.4 Å². The van der Waals surface area contributed by atoms with E-state index in [2.05, 4.69) is 4.98 Å². The molecule has 1 N–H and O–H groups in total. The van der Waals surface area contributed by atoms with Gasteiger partial charge in [0.05, 0.1) is 13.1 Å². The third-order valence-corrected chi connectivity index (χ3v) is 3.03. The molecule has 1 aromatic heterocycles. The van der Waals surface area contributed by atoms with E-state index in [1.165, 1.54) is 4.90 Å². The first kappa shape index (κ1) is 13.9. The normalized spacial score (nSPS) is 18.1. The van der Waals surface area contributed by atoms with Crippen molar-refractivity contribution < 1.29 is 14.6 Å². The SMILES string of the molecule is CCn1ccnc1C1(O)CN(C(=O)OC(C)(C)C)C1. The number of aryl methyl sites for hydroxylation is 1. The lowest BCUT2D eigenvalue weighted by atomic mass is 9.93. The van der Waals surface area contributed by atoms with Gasteiger partial charge in [-0.15, -0.1) is 0 Å². The summed E-state index contributed by atoms with van der Waals surface area (Å²) in [4.78, 5) is 17.5. The molecule has 2 heterocycles. The number of aromatic nitrogens is 2. The standard InChI is InChI=1S/C13H21N3O3/c1-5-15-7-6-14-10(15)13(18)8-16(9-13)11(17)19-12(2,3)4/h6-7,18H,5,8-9H2,1-4H3. The Hall–Kier alpha value is -1.56. The summed E-state index contributed by atoms with van der Waals surface area (Å²) in [6, 6.07) is 0. The van der Waals surface area contributed by atoms with Gasteiger partial charge in [-0.3, -0.25) is 0 Å². The second-order valence-electron chi connectivity index (χ2n) is 5.90. The maximum atomic E-state index is 11.8. The van der Waals surface area contributed by atoms with Crippen LogP contribution in [0, 0.1) is 0 Å². The van der Waals surface area contributed by atoms with Crippen molar-refractivity contribution in [2.75, 3.05) is 13.1 Å². The van der Waals surface area contributed by atoms with Gasteiger partial charge in [0.15, 0.2) is 5.60 Å². The molecule has 1 aromatic rings. The summed E-state index contributed by atoms with van der Waals surface area (Å²) in [5.41, 5.74) is -1.58. The zero-order valence-corrected chi connectivity index (χ0v) is 11.9. The van der Waals surface area contributed by atoms with Gasteiger partial charge in [0.2, 0.25) is 0 Å². The lowest BCUT2D eigenvalue weighted by Crippen LogP contribution is -2.62. The molecule has 1 fully saturated rings. The maximum Gasteiger partial charge on any atom is 0.410 e. The minimum Gasteiger partial charge on any atom is -0.444 e. The molecule has 0 radical (unpaired) electrons. The van der Waals surface area contributed by atoms with Crippen LogP contribution in [-0.2, 0) is 16.9 Å². The number of carbonyl (C=O) groups excluding carboxylic acids is 1. The van der Waals surface area contributed by atoms with Gasteiger partial charge in [0.1, 0.15) is 11.4 Å². The number of likely N-dealkylation sites (tertiary alicyclic amines) is 1. The van der Waals surface area contributed by atoms with Crippen LogP contribution in [0.5, 0.6) is 0 Å². The van der Waals surface area contributed by atoms with E-state index < -0.39 is 17.3 Å². The topological polar surface area (TPSA) is 67.6 Å². The van der Waals surface area contributed by atoms with Gasteiger partial charge in [-0.05, 0) is 27.7 Å². The van der Waals surface area contributed by atoms with Crippen LogP contribution in [0.15, 0.2) is 12.4 Å². The number of nitrogens with zero attached hydrogens (tertiary/aromatic N) is 3. The second kappa shape index (κ2) is 4.52. The number of β-amino-alcohol motifs (C(OH)–C–C–N with tert-alkyl or cyclic N) is 1. The number of rotatable bonds is 2. The van der Waals surface area contributed by atoms with Gasteiger partial charge in [-0.1, -0.05) is 0 Å². The third-order valence-electron chi connectivity index (χ3n) is 3.03.